The molecule has 0 radical (unpaired) electrons. The zero-order chi connectivity index (χ0) is 9.80. The topological polar surface area (TPSA) is 68.3 Å². The van der Waals surface area contributed by atoms with Crippen LogP contribution in [0, 0.1) is 0 Å². The van der Waals surface area contributed by atoms with Crippen LogP contribution >= 0.6 is 0 Å². The summed E-state index contributed by atoms with van der Waals surface area (Å²) in [5.74, 6) is 0.396. The van der Waals surface area contributed by atoms with Gasteiger partial charge >= 0.3 is 0 Å². The molecule has 1 heterocycles. The van der Waals surface area contributed by atoms with Gasteiger partial charge in [-0.05, 0) is 18.2 Å². The second-order valence-electron chi connectivity index (χ2n) is 2.50. The minimum absolute atomic E-state index is 0.396. The number of isocyanates is 1. The largest absolute Gasteiger partial charge is 0.423 e. The number of hydrogen-bond acceptors (Lipinski definition) is 5. The summed E-state index contributed by atoms with van der Waals surface area (Å²) >= 11 is 0. The van der Waals surface area contributed by atoms with Gasteiger partial charge < -0.3 is 4.42 Å². The van der Waals surface area contributed by atoms with E-state index in [0.29, 0.717) is 11.6 Å². The summed E-state index contributed by atoms with van der Waals surface area (Å²) in [6.45, 7) is 0. The van der Waals surface area contributed by atoms with Gasteiger partial charge in [0.1, 0.15) is 0 Å². The van der Waals surface area contributed by atoms with Crippen LogP contribution in [0.25, 0.3) is 11.5 Å². The second-order valence-corrected chi connectivity index (χ2v) is 2.50. The molecule has 2 rings (SSSR count). The first-order chi connectivity index (χ1) is 6.90. The molecule has 0 spiro atoms. The first-order valence-electron chi connectivity index (χ1n) is 3.84. The molecule has 0 unspecified atom stereocenters. The van der Waals surface area contributed by atoms with Crippen LogP contribution < -0.4 is 0 Å². The lowest BCUT2D eigenvalue weighted by Crippen LogP contribution is -1.76. The van der Waals surface area contributed by atoms with Gasteiger partial charge in [-0.3, -0.25) is 0 Å². The van der Waals surface area contributed by atoms with Gasteiger partial charge in [0, 0.05) is 5.56 Å². The number of hydrogen-bond donors (Lipinski definition) is 0. The lowest BCUT2D eigenvalue weighted by molar-refractivity contribution is 0.565. The summed E-state index contributed by atoms with van der Waals surface area (Å²) in [6, 6.07) is 6.89. The fourth-order valence-electron chi connectivity index (χ4n) is 1.06. The van der Waals surface area contributed by atoms with Crippen LogP contribution in [0.5, 0.6) is 0 Å². The number of rotatable bonds is 2. The van der Waals surface area contributed by atoms with Crippen molar-refractivity contribution in [2.24, 2.45) is 4.99 Å². The van der Waals surface area contributed by atoms with Crippen molar-refractivity contribution in [3.63, 3.8) is 0 Å². The summed E-state index contributed by atoms with van der Waals surface area (Å²) in [7, 11) is 0. The lowest BCUT2D eigenvalue weighted by atomic mass is 10.2. The number of nitrogens with zero attached hydrogens (tertiary/aromatic N) is 3. The third-order valence-corrected chi connectivity index (χ3v) is 1.63. The van der Waals surface area contributed by atoms with Crippen LogP contribution in [-0.4, -0.2) is 16.3 Å². The molecule has 0 amide bonds. The Kier molecular flexibility index (Phi) is 2.17. The molecule has 1 aromatic heterocycles. The fraction of sp³-hybridized carbons (Fsp3) is 0. The third-order valence-electron chi connectivity index (χ3n) is 1.63. The molecule has 0 bridgehead atoms. The summed E-state index contributed by atoms with van der Waals surface area (Å²) in [6.07, 6.45) is 2.71. The molecule has 0 atom stereocenters. The van der Waals surface area contributed by atoms with Gasteiger partial charge in [0.15, 0.2) is 0 Å². The zero-order valence-corrected chi connectivity index (χ0v) is 7.04. The van der Waals surface area contributed by atoms with Crippen molar-refractivity contribution in [3.8, 4) is 11.5 Å². The van der Waals surface area contributed by atoms with Crippen LogP contribution in [0.4, 0.5) is 5.69 Å². The van der Waals surface area contributed by atoms with Crippen molar-refractivity contribution < 1.29 is 9.21 Å². The van der Waals surface area contributed by atoms with E-state index in [4.69, 9.17) is 4.42 Å². The second kappa shape index (κ2) is 3.64. The molecular weight excluding hydrogens is 182 g/mol. The molecule has 0 saturated carbocycles. The molecule has 1 aromatic carbocycles. The molecule has 0 N–H and O–H groups in total. The van der Waals surface area contributed by atoms with Crippen molar-refractivity contribution in [2.75, 3.05) is 0 Å². The molecule has 0 aliphatic rings. The minimum Gasteiger partial charge on any atom is -0.423 e. The SMILES string of the molecule is O=C=Nc1cccc(-c2nnco2)c1. The molecule has 0 aliphatic carbocycles. The number of benzene rings is 1. The van der Waals surface area contributed by atoms with E-state index >= 15 is 0 Å². The monoisotopic (exact) mass is 187 g/mol. The average Bonchev–Trinajstić information content (AvgIpc) is 2.71. The molecule has 0 fully saturated rings. The number of aromatic nitrogens is 2. The third kappa shape index (κ3) is 1.57. The predicted octanol–water partition coefficient (Wildman–Crippen LogP) is 1.70. The van der Waals surface area contributed by atoms with Crippen molar-refractivity contribution in [3.05, 3.63) is 30.7 Å². The highest BCUT2D eigenvalue weighted by Crippen LogP contribution is 2.21. The van der Waals surface area contributed by atoms with Crippen LogP contribution in [-0.2, 0) is 4.79 Å². The Morgan fingerprint density at radius 2 is 2.36 bits per heavy atom. The number of aliphatic imine (C=N–C) groups is 1. The van der Waals surface area contributed by atoms with Crippen molar-refractivity contribution in [1.29, 1.82) is 0 Å². The van der Waals surface area contributed by atoms with E-state index in [0.717, 1.165) is 5.56 Å². The highest BCUT2D eigenvalue weighted by atomic mass is 16.4. The van der Waals surface area contributed by atoms with E-state index < -0.39 is 0 Å². The molecule has 68 valence electrons. The minimum atomic E-state index is 0.396. The van der Waals surface area contributed by atoms with E-state index in [9.17, 15) is 4.79 Å². The highest BCUT2D eigenvalue weighted by Gasteiger charge is 2.02. The Labute approximate surface area is 79.1 Å². The van der Waals surface area contributed by atoms with Crippen LogP contribution in [0.1, 0.15) is 0 Å². The van der Waals surface area contributed by atoms with Crippen LogP contribution in [0.3, 0.4) is 0 Å². The first kappa shape index (κ1) is 8.34. The van der Waals surface area contributed by atoms with Crippen LogP contribution in [0.15, 0.2) is 40.1 Å². The lowest BCUT2D eigenvalue weighted by Gasteiger charge is -1.94. The maximum absolute atomic E-state index is 10.0. The predicted molar refractivity (Wildman–Crippen MR) is 47.5 cm³/mol. The first-order valence-corrected chi connectivity index (χ1v) is 3.84. The van der Waals surface area contributed by atoms with Gasteiger partial charge in [0.25, 0.3) is 0 Å². The Hall–Kier alpha value is -2.26. The van der Waals surface area contributed by atoms with E-state index in [1.165, 1.54) is 12.5 Å². The molecule has 0 saturated heterocycles. The van der Waals surface area contributed by atoms with E-state index in [1.54, 1.807) is 24.3 Å². The Morgan fingerprint density at radius 3 is 3.07 bits per heavy atom. The van der Waals surface area contributed by atoms with E-state index in [2.05, 4.69) is 15.2 Å². The van der Waals surface area contributed by atoms with Crippen molar-refractivity contribution in [1.82, 2.24) is 10.2 Å². The normalized spacial score (nSPS) is 9.43. The molecule has 5 heteroatoms. The van der Waals surface area contributed by atoms with Crippen molar-refractivity contribution in [2.45, 2.75) is 0 Å². The smallest absolute Gasteiger partial charge is 0.247 e. The average molecular weight is 187 g/mol. The Balaban J connectivity index is 2.45. The summed E-state index contributed by atoms with van der Waals surface area (Å²) in [5.41, 5.74) is 1.23. The van der Waals surface area contributed by atoms with E-state index in [-0.39, 0.29) is 0 Å². The van der Waals surface area contributed by atoms with E-state index in [1.807, 2.05) is 0 Å². The summed E-state index contributed by atoms with van der Waals surface area (Å²) in [5, 5.41) is 7.28. The van der Waals surface area contributed by atoms with Gasteiger partial charge in [0.2, 0.25) is 18.4 Å². The van der Waals surface area contributed by atoms with Gasteiger partial charge in [-0.2, -0.15) is 4.99 Å². The Bertz CT molecular complexity index is 473. The quantitative estimate of drug-likeness (QED) is 0.530. The maximum Gasteiger partial charge on any atom is 0.247 e. The molecule has 5 nitrogen and oxygen atoms in total. The van der Waals surface area contributed by atoms with Gasteiger partial charge in [0.05, 0.1) is 5.69 Å². The van der Waals surface area contributed by atoms with Crippen LogP contribution in [0.2, 0.25) is 0 Å². The van der Waals surface area contributed by atoms with Gasteiger partial charge in [-0.15, -0.1) is 10.2 Å². The maximum atomic E-state index is 10.0. The Morgan fingerprint density at radius 1 is 1.43 bits per heavy atom. The van der Waals surface area contributed by atoms with Crippen molar-refractivity contribution >= 4 is 11.8 Å². The highest BCUT2D eigenvalue weighted by molar-refractivity contribution is 5.61. The fourth-order valence-corrected chi connectivity index (χ4v) is 1.06. The summed E-state index contributed by atoms with van der Waals surface area (Å²) < 4.78 is 4.99. The molecule has 14 heavy (non-hydrogen) atoms. The molecule has 2 aromatic rings. The zero-order valence-electron chi connectivity index (χ0n) is 7.04. The summed E-state index contributed by atoms with van der Waals surface area (Å²) in [4.78, 5) is 13.5. The number of carbonyl (C=O) groups excluding carboxylic acids is 1. The molecule has 0 aliphatic heterocycles. The van der Waals surface area contributed by atoms with Gasteiger partial charge in [-0.25, -0.2) is 4.79 Å². The van der Waals surface area contributed by atoms with Gasteiger partial charge in [-0.1, -0.05) is 6.07 Å². The standard InChI is InChI=1S/C9H5N3O2/c13-5-10-8-3-1-2-7(4-8)9-12-11-6-14-9/h1-4,6H. The molecular formula is C9H5N3O2.